The minimum atomic E-state index is -0.518. The largest absolute Gasteiger partial charge is 0.247 e. The van der Waals surface area contributed by atoms with Gasteiger partial charge in [-0.15, -0.1) is 0 Å². The molecule has 0 amide bonds. The first-order chi connectivity index (χ1) is 13.5. The Bertz CT molecular complexity index is 463. The lowest BCUT2D eigenvalue weighted by Crippen LogP contribution is -2.42. The third-order valence-electron chi connectivity index (χ3n) is 10.2. The Morgan fingerprint density at radius 2 is 0.786 bits per heavy atom. The maximum Gasteiger partial charge on any atom is 0.106 e. The Kier molecular flexibility index (Phi) is 7.09. The summed E-state index contributed by atoms with van der Waals surface area (Å²) in [6.45, 7) is 7.10. The minimum absolute atomic E-state index is 0.315. The van der Waals surface area contributed by atoms with Gasteiger partial charge in [0.25, 0.3) is 0 Å². The van der Waals surface area contributed by atoms with Gasteiger partial charge in [-0.05, 0) is 117 Å². The molecule has 162 valence electrons. The van der Waals surface area contributed by atoms with Gasteiger partial charge in [0.15, 0.2) is 0 Å². The summed E-state index contributed by atoms with van der Waals surface area (Å²) < 4.78 is 15.6. The van der Waals surface area contributed by atoms with Gasteiger partial charge < -0.3 is 0 Å². The number of hydrogen-bond donors (Lipinski definition) is 0. The topological polar surface area (TPSA) is 0 Å². The molecule has 0 spiro atoms. The summed E-state index contributed by atoms with van der Waals surface area (Å²) in [4.78, 5) is 0. The van der Waals surface area contributed by atoms with Gasteiger partial charge in [0.2, 0.25) is 0 Å². The fourth-order valence-corrected chi connectivity index (χ4v) is 8.11. The van der Waals surface area contributed by atoms with Gasteiger partial charge in [-0.1, -0.05) is 46.5 Å². The van der Waals surface area contributed by atoms with Crippen molar-refractivity contribution in [2.75, 3.05) is 0 Å². The zero-order chi connectivity index (χ0) is 19.7. The van der Waals surface area contributed by atoms with Gasteiger partial charge >= 0.3 is 0 Å². The molecule has 28 heavy (non-hydrogen) atoms. The predicted octanol–water partition coefficient (Wildman–Crippen LogP) is 8.45. The molecule has 0 nitrogen and oxygen atoms in total. The second kappa shape index (κ2) is 9.38. The molecular weight excluding hydrogens is 343 g/mol. The average Bonchev–Trinajstić information content (AvgIpc) is 2.72. The van der Waals surface area contributed by atoms with Crippen molar-refractivity contribution in [3.63, 3.8) is 0 Å². The Balaban J connectivity index is 1.27. The molecule has 4 unspecified atom stereocenters. The summed E-state index contributed by atoms with van der Waals surface area (Å²) in [6, 6.07) is 0. The summed E-state index contributed by atoms with van der Waals surface area (Å²) >= 11 is 0. The maximum absolute atomic E-state index is 15.6. The summed E-state index contributed by atoms with van der Waals surface area (Å²) in [6.07, 6.45) is 18.9. The number of alkyl halides is 1. The molecule has 0 N–H and O–H groups in total. The standard InChI is InChI=1S/C27H47F/c1-18-4-8-21(9-5-18)22-12-14-24(15-13-22)26-17-16-25(20(3)27(26)28)23-10-6-19(2)7-11-23/h18-27H,4-17H2,1-3H3. The van der Waals surface area contributed by atoms with Crippen molar-refractivity contribution in [1.29, 1.82) is 0 Å². The van der Waals surface area contributed by atoms with Crippen molar-refractivity contribution < 1.29 is 4.39 Å². The molecule has 0 aliphatic heterocycles. The molecule has 4 atom stereocenters. The van der Waals surface area contributed by atoms with Gasteiger partial charge in [0.05, 0.1) is 0 Å². The van der Waals surface area contributed by atoms with Crippen molar-refractivity contribution in [3.8, 4) is 0 Å². The molecule has 0 aromatic rings. The lowest BCUT2D eigenvalue weighted by molar-refractivity contribution is -0.0149. The van der Waals surface area contributed by atoms with Crippen LogP contribution in [0.2, 0.25) is 0 Å². The van der Waals surface area contributed by atoms with Crippen LogP contribution in [0.1, 0.15) is 111 Å². The molecule has 0 heterocycles. The van der Waals surface area contributed by atoms with E-state index >= 15 is 4.39 Å². The maximum atomic E-state index is 15.6. The second-order valence-electron chi connectivity index (χ2n) is 11.9. The first kappa shape index (κ1) is 21.2. The van der Waals surface area contributed by atoms with E-state index in [1.807, 2.05) is 0 Å². The molecule has 0 aromatic carbocycles. The highest BCUT2D eigenvalue weighted by Crippen LogP contribution is 2.50. The van der Waals surface area contributed by atoms with Crippen molar-refractivity contribution in [2.24, 2.45) is 53.3 Å². The van der Waals surface area contributed by atoms with Gasteiger partial charge in [-0.2, -0.15) is 0 Å². The van der Waals surface area contributed by atoms with Crippen LogP contribution in [0.3, 0.4) is 0 Å². The normalized spacial score (nSPS) is 51.0. The summed E-state index contributed by atoms with van der Waals surface area (Å²) in [5, 5.41) is 0. The fourth-order valence-electron chi connectivity index (χ4n) is 8.11. The summed E-state index contributed by atoms with van der Waals surface area (Å²) in [7, 11) is 0. The van der Waals surface area contributed by atoms with Crippen LogP contribution in [-0.4, -0.2) is 6.17 Å². The van der Waals surface area contributed by atoms with E-state index in [4.69, 9.17) is 0 Å². The Morgan fingerprint density at radius 3 is 1.32 bits per heavy atom. The quantitative estimate of drug-likeness (QED) is 0.453. The van der Waals surface area contributed by atoms with Crippen LogP contribution in [0.15, 0.2) is 0 Å². The van der Waals surface area contributed by atoms with Crippen molar-refractivity contribution in [2.45, 2.75) is 117 Å². The lowest BCUT2D eigenvalue weighted by atomic mass is 9.60. The van der Waals surface area contributed by atoms with E-state index in [0.29, 0.717) is 23.7 Å². The second-order valence-corrected chi connectivity index (χ2v) is 11.9. The monoisotopic (exact) mass is 390 g/mol. The van der Waals surface area contributed by atoms with Crippen LogP contribution in [0.5, 0.6) is 0 Å². The van der Waals surface area contributed by atoms with Gasteiger partial charge in [-0.25, -0.2) is 4.39 Å². The third-order valence-corrected chi connectivity index (χ3v) is 10.2. The van der Waals surface area contributed by atoms with Crippen molar-refractivity contribution in [1.82, 2.24) is 0 Å². The zero-order valence-electron chi connectivity index (χ0n) is 19.1. The lowest BCUT2D eigenvalue weighted by Gasteiger charge is -2.47. The van der Waals surface area contributed by atoms with E-state index in [2.05, 4.69) is 20.8 Å². The molecule has 0 saturated heterocycles. The van der Waals surface area contributed by atoms with Crippen LogP contribution < -0.4 is 0 Å². The zero-order valence-corrected chi connectivity index (χ0v) is 19.1. The highest BCUT2D eigenvalue weighted by molar-refractivity contribution is 4.94. The fraction of sp³-hybridized carbons (Fsp3) is 1.00. The third kappa shape index (κ3) is 4.64. The molecule has 0 radical (unpaired) electrons. The van der Waals surface area contributed by atoms with E-state index in [1.165, 1.54) is 89.9 Å². The van der Waals surface area contributed by atoms with Crippen molar-refractivity contribution in [3.05, 3.63) is 0 Å². The molecule has 0 aromatic heterocycles. The highest BCUT2D eigenvalue weighted by Gasteiger charge is 2.44. The molecule has 4 aliphatic rings. The van der Waals surface area contributed by atoms with E-state index in [0.717, 1.165) is 29.6 Å². The first-order valence-corrected chi connectivity index (χ1v) is 13.2. The Labute approximate surface area is 174 Å². The van der Waals surface area contributed by atoms with Crippen LogP contribution in [0.25, 0.3) is 0 Å². The molecule has 1 heteroatoms. The van der Waals surface area contributed by atoms with Gasteiger partial charge in [0, 0.05) is 0 Å². The SMILES string of the molecule is CC1CCC(C2CCC(C3CCC(C4CCC(C)CC4)C(C)C3F)CC2)CC1. The molecule has 4 rings (SSSR count). The van der Waals surface area contributed by atoms with Crippen LogP contribution in [-0.2, 0) is 0 Å². The van der Waals surface area contributed by atoms with E-state index < -0.39 is 6.17 Å². The molecular formula is C27H47F. The first-order valence-electron chi connectivity index (χ1n) is 13.2. The smallest absolute Gasteiger partial charge is 0.106 e. The molecule has 4 saturated carbocycles. The molecule has 4 fully saturated rings. The van der Waals surface area contributed by atoms with Crippen LogP contribution >= 0.6 is 0 Å². The average molecular weight is 391 g/mol. The predicted molar refractivity (Wildman–Crippen MR) is 118 cm³/mol. The Morgan fingerprint density at radius 1 is 0.429 bits per heavy atom. The van der Waals surface area contributed by atoms with Crippen LogP contribution in [0.4, 0.5) is 4.39 Å². The number of halogens is 1. The minimum Gasteiger partial charge on any atom is -0.247 e. The summed E-state index contributed by atoms with van der Waals surface area (Å²) in [5.74, 6) is 6.76. The summed E-state index contributed by atoms with van der Waals surface area (Å²) in [5.41, 5.74) is 0. The Hall–Kier alpha value is -0.0700. The van der Waals surface area contributed by atoms with Gasteiger partial charge in [-0.3, -0.25) is 0 Å². The highest BCUT2D eigenvalue weighted by atomic mass is 19.1. The van der Waals surface area contributed by atoms with Crippen LogP contribution in [0, 0.1) is 53.3 Å². The molecule has 0 bridgehead atoms. The van der Waals surface area contributed by atoms with E-state index in [-0.39, 0.29) is 0 Å². The molecule has 4 aliphatic carbocycles. The van der Waals surface area contributed by atoms with Gasteiger partial charge in [0.1, 0.15) is 6.17 Å². The number of rotatable bonds is 3. The van der Waals surface area contributed by atoms with E-state index in [9.17, 15) is 0 Å². The number of hydrogen-bond acceptors (Lipinski definition) is 0. The van der Waals surface area contributed by atoms with E-state index in [1.54, 1.807) is 0 Å². The van der Waals surface area contributed by atoms with Crippen molar-refractivity contribution >= 4 is 0 Å².